The highest BCUT2D eigenvalue weighted by Gasteiger charge is 2.20. The van der Waals surface area contributed by atoms with Crippen molar-refractivity contribution in [1.29, 1.82) is 0 Å². The van der Waals surface area contributed by atoms with Crippen LogP contribution in [-0.2, 0) is 16.1 Å². The normalized spacial score (nSPS) is 16.2. The Morgan fingerprint density at radius 3 is 2.93 bits per heavy atom. The highest BCUT2D eigenvalue weighted by Crippen LogP contribution is 2.21. The van der Waals surface area contributed by atoms with Crippen LogP contribution >= 0.6 is 27.7 Å². The van der Waals surface area contributed by atoms with Gasteiger partial charge in [-0.05, 0) is 53.0 Å². The van der Waals surface area contributed by atoms with E-state index in [0.29, 0.717) is 35.0 Å². The fraction of sp³-hybridized carbons (Fsp3) is 0.300. The Morgan fingerprint density at radius 1 is 1.31 bits per heavy atom. The van der Waals surface area contributed by atoms with Crippen molar-refractivity contribution in [3.05, 3.63) is 57.4 Å². The average molecular weight is 475 g/mol. The number of anilines is 1. The van der Waals surface area contributed by atoms with Crippen LogP contribution in [0.5, 0.6) is 0 Å². The molecule has 1 fully saturated rings. The molecule has 1 aliphatic heterocycles. The monoisotopic (exact) mass is 474 g/mol. The molecule has 3 aromatic rings. The number of carbonyl (C=O) groups is 1. The summed E-state index contributed by atoms with van der Waals surface area (Å²) in [6, 6.07) is 10.8. The fourth-order valence-corrected chi connectivity index (χ4v) is 4.21. The van der Waals surface area contributed by atoms with Crippen molar-refractivity contribution in [1.82, 2.24) is 14.5 Å². The zero-order chi connectivity index (χ0) is 20.2. The van der Waals surface area contributed by atoms with Crippen molar-refractivity contribution in [3.63, 3.8) is 0 Å². The largest absolute Gasteiger partial charge is 0.376 e. The molecule has 1 amide bonds. The first kappa shape index (κ1) is 20.1. The first-order valence-electron chi connectivity index (χ1n) is 9.25. The summed E-state index contributed by atoms with van der Waals surface area (Å²) in [4.78, 5) is 34.2. The van der Waals surface area contributed by atoms with Gasteiger partial charge >= 0.3 is 0 Å². The second kappa shape index (κ2) is 9.06. The molecule has 7 nitrogen and oxygen atoms in total. The molecule has 0 aliphatic carbocycles. The van der Waals surface area contributed by atoms with Crippen molar-refractivity contribution >= 4 is 50.3 Å². The molecule has 29 heavy (non-hydrogen) atoms. The Hall–Kier alpha value is -2.23. The molecule has 0 radical (unpaired) electrons. The van der Waals surface area contributed by atoms with E-state index in [-0.39, 0.29) is 23.3 Å². The van der Waals surface area contributed by atoms with Crippen molar-refractivity contribution in [2.24, 2.45) is 0 Å². The third-order valence-electron chi connectivity index (χ3n) is 4.56. The Labute approximate surface area is 180 Å². The minimum Gasteiger partial charge on any atom is -0.376 e. The summed E-state index contributed by atoms with van der Waals surface area (Å²) in [7, 11) is 0. The van der Waals surface area contributed by atoms with Gasteiger partial charge in [0.15, 0.2) is 5.16 Å². The van der Waals surface area contributed by atoms with Crippen LogP contribution in [0.25, 0.3) is 10.9 Å². The minimum absolute atomic E-state index is 0.00388. The number of thioether (sulfide) groups is 1. The number of para-hydroxylation sites is 1. The molecular formula is C20H19BrN4O3S. The smallest absolute Gasteiger partial charge is 0.262 e. The highest BCUT2D eigenvalue weighted by molar-refractivity contribution is 9.10. The number of nitrogens with one attached hydrogen (secondary N) is 1. The van der Waals surface area contributed by atoms with E-state index in [2.05, 4.69) is 31.2 Å². The summed E-state index contributed by atoms with van der Waals surface area (Å²) in [6.07, 6.45) is 3.52. The van der Waals surface area contributed by atoms with Crippen molar-refractivity contribution in [2.45, 2.75) is 30.6 Å². The van der Waals surface area contributed by atoms with E-state index in [1.54, 1.807) is 29.0 Å². The number of benzene rings is 1. The van der Waals surface area contributed by atoms with Gasteiger partial charge in [0, 0.05) is 17.3 Å². The van der Waals surface area contributed by atoms with Gasteiger partial charge in [0.25, 0.3) is 5.56 Å². The summed E-state index contributed by atoms with van der Waals surface area (Å²) in [5.74, 6) is 0.381. The van der Waals surface area contributed by atoms with Gasteiger partial charge < -0.3 is 10.1 Å². The van der Waals surface area contributed by atoms with Crippen molar-refractivity contribution in [2.75, 3.05) is 17.7 Å². The number of pyridine rings is 1. The van der Waals surface area contributed by atoms with E-state index in [1.807, 2.05) is 18.2 Å². The molecule has 0 spiro atoms. The molecule has 0 saturated carbocycles. The lowest BCUT2D eigenvalue weighted by Gasteiger charge is -2.16. The zero-order valence-corrected chi connectivity index (χ0v) is 17.9. The number of rotatable bonds is 6. The van der Waals surface area contributed by atoms with Gasteiger partial charge in [0.05, 0.1) is 29.3 Å². The van der Waals surface area contributed by atoms with Crippen LogP contribution in [-0.4, -0.2) is 38.9 Å². The molecule has 4 rings (SSSR count). The number of amides is 1. The molecule has 3 heterocycles. The molecule has 1 aliphatic rings. The molecule has 2 aromatic heterocycles. The second-order valence-corrected chi connectivity index (χ2v) is 8.52. The Kier molecular flexibility index (Phi) is 6.27. The van der Waals surface area contributed by atoms with E-state index < -0.39 is 0 Å². The number of hydrogen-bond donors (Lipinski definition) is 1. The fourth-order valence-electron chi connectivity index (χ4n) is 3.17. The lowest BCUT2D eigenvalue weighted by molar-refractivity contribution is -0.113. The van der Waals surface area contributed by atoms with Gasteiger partial charge in [0.2, 0.25) is 5.91 Å². The quantitative estimate of drug-likeness (QED) is 0.434. The number of nitrogens with zero attached hydrogens (tertiary/aromatic N) is 3. The maximum absolute atomic E-state index is 13.0. The number of aromatic nitrogens is 3. The van der Waals surface area contributed by atoms with Gasteiger partial charge in [0.1, 0.15) is 5.82 Å². The van der Waals surface area contributed by atoms with Crippen LogP contribution in [0, 0.1) is 0 Å². The third-order valence-corrected chi connectivity index (χ3v) is 6.01. The molecule has 1 saturated heterocycles. The third kappa shape index (κ3) is 4.85. The van der Waals surface area contributed by atoms with E-state index >= 15 is 0 Å². The summed E-state index contributed by atoms with van der Waals surface area (Å²) in [5.41, 5.74) is 0.516. The lowest BCUT2D eigenvalue weighted by Crippen LogP contribution is -2.29. The number of ether oxygens (including phenoxy) is 1. The summed E-state index contributed by atoms with van der Waals surface area (Å²) in [5, 5.41) is 3.84. The maximum Gasteiger partial charge on any atom is 0.262 e. The van der Waals surface area contributed by atoms with Crippen LogP contribution < -0.4 is 10.9 Å². The predicted octanol–water partition coefficient (Wildman–Crippen LogP) is 3.46. The zero-order valence-electron chi connectivity index (χ0n) is 15.5. The molecule has 150 valence electrons. The Morgan fingerprint density at radius 2 is 2.17 bits per heavy atom. The Balaban J connectivity index is 1.55. The summed E-state index contributed by atoms with van der Waals surface area (Å²) in [6.45, 7) is 1.15. The first-order chi connectivity index (χ1) is 14.1. The van der Waals surface area contributed by atoms with Gasteiger partial charge in [-0.3, -0.25) is 14.2 Å². The second-order valence-electron chi connectivity index (χ2n) is 6.66. The topological polar surface area (TPSA) is 86.1 Å². The molecule has 1 atom stereocenters. The average Bonchev–Trinajstić information content (AvgIpc) is 3.24. The van der Waals surface area contributed by atoms with E-state index in [0.717, 1.165) is 17.3 Å². The van der Waals surface area contributed by atoms with Crippen LogP contribution in [0.3, 0.4) is 0 Å². The van der Waals surface area contributed by atoms with Gasteiger partial charge in [-0.1, -0.05) is 23.9 Å². The lowest BCUT2D eigenvalue weighted by atomic mass is 10.2. The number of halogens is 1. The summed E-state index contributed by atoms with van der Waals surface area (Å²) >= 11 is 4.55. The van der Waals surface area contributed by atoms with Gasteiger partial charge in [-0.2, -0.15) is 0 Å². The first-order valence-corrected chi connectivity index (χ1v) is 11.0. The van der Waals surface area contributed by atoms with Crippen molar-refractivity contribution < 1.29 is 9.53 Å². The van der Waals surface area contributed by atoms with Crippen LogP contribution in [0.1, 0.15) is 12.8 Å². The molecule has 1 aromatic carbocycles. The minimum atomic E-state index is -0.212. The molecule has 9 heteroatoms. The molecule has 1 unspecified atom stereocenters. The molecule has 0 bridgehead atoms. The number of hydrogen-bond acceptors (Lipinski definition) is 6. The Bertz CT molecular complexity index is 1080. The number of fused-ring (bicyclic) bond motifs is 1. The van der Waals surface area contributed by atoms with E-state index in [9.17, 15) is 9.59 Å². The van der Waals surface area contributed by atoms with E-state index in [1.165, 1.54) is 11.8 Å². The predicted molar refractivity (Wildman–Crippen MR) is 116 cm³/mol. The van der Waals surface area contributed by atoms with Gasteiger partial charge in [-0.15, -0.1) is 0 Å². The van der Waals surface area contributed by atoms with Crippen LogP contribution in [0.4, 0.5) is 5.82 Å². The molecule has 1 N–H and O–H groups in total. The SMILES string of the molecule is O=C(CSc1nc2ccccc2c(=O)n1CC1CCCO1)Nc1ccc(Br)cn1. The highest BCUT2D eigenvalue weighted by atomic mass is 79.9. The molecular weight excluding hydrogens is 456 g/mol. The van der Waals surface area contributed by atoms with Crippen molar-refractivity contribution in [3.8, 4) is 0 Å². The maximum atomic E-state index is 13.0. The van der Waals surface area contributed by atoms with Crippen LogP contribution in [0.15, 0.2) is 57.0 Å². The standard InChI is InChI=1S/C20H19BrN4O3S/c21-13-7-8-17(22-10-13)24-18(26)12-29-20-23-16-6-2-1-5-15(16)19(27)25(20)11-14-4-3-9-28-14/h1-2,5-8,10,14H,3-4,9,11-12H2,(H,22,24,26). The van der Waals surface area contributed by atoms with Crippen LogP contribution in [0.2, 0.25) is 0 Å². The summed E-state index contributed by atoms with van der Waals surface area (Å²) < 4.78 is 8.17. The van der Waals surface area contributed by atoms with Gasteiger partial charge in [-0.25, -0.2) is 9.97 Å². The van der Waals surface area contributed by atoms with E-state index in [4.69, 9.17) is 4.74 Å². The number of carbonyl (C=O) groups excluding carboxylic acids is 1.